The third-order valence-electron chi connectivity index (χ3n) is 5.52. The zero-order valence-electron chi connectivity index (χ0n) is 16.9. The van der Waals surface area contributed by atoms with Crippen LogP contribution in [0.3, 0.4) is 0 Å². The molecule has 6 heteroatoms. The molecule has 2 aromatic rings. The number of nitrogens with zero attached hydrogens (tertiary/aromatic N) is 1. The van der Waals surface area contributed by atoms with Crippen LogP contribution in [0.4, 0.5) is 10.1 Å². The van der Waals surface area contributed by atoms with E-state index in [0.29, 0.717) is 6.54 Å². The SMILES string of the molecule is C[C@H](NC(=O)[C@H](C)N1CCC[C@H](C(=O)Nc2ccccc2)C1)c1ccc(F)cc1. The van der Waals surface area contributed by atoms with E-state index in [1.165, 1.54) is 12.1 Å². The molecule has 0 unspecified atom stereocenters. The molecule has 0 aromatic heterocycles. The maximum atomic E-state index is 13.1. The van der Waals surface area contributed by atoms with Gasteiger partial charge in [-0.05, 0) is 63.1 Å². The molecule has 5 nitrogen and oxygen atoms in total. The van der Waals surface area contributed by atoms with E-state index < -0.39 is 0 Å². The fraction of sp³-hybridized carbons (Fsp3) is 0.391. The zero-order chi connectivity index (χ0) is 20.8. The van der Waals surface area contributed by atoms with Crippen LogP contribution in [0, 0.1) is 11.7 Å². The van der Waals surface area contributed by atoms with Crippen LogP contribution in [-0.2, 0) is 9.59 Å². The standard InChI is InChI=1S/C23H28FN3O2/c1-16(18-10-12-20(24)13-11-18)25-22(28)17(2)27-14-6-7-19(15-27)23(29)26-21-8-4-3-5-9-21/h3-5,8-13,16-17,19H,6-7,14-15H2,1-2H3,(H,25,28)(H,26,29)/t16-,17-,19-/m0/s1. The number of amides is 2. The number of rotatable bonds is 6. The third-order valence-corrected chi connectivity index (χ3v) is 5.52. The maximum Gasteiger partial charge on any atom is 0.237 e. The van der Waals surface area contributed by atoms with Gasteiger partial charge in [0.05, 0.1) is 18.0 Å². The number of anilines is 1. The van der Waals surface area contributed by atoms with Crippen molar-refractivity contribution in [2.45, 2.75) is 38.8 Å². The molecule has 0 spiro atoms. The molecule has 1 aliphatic rings. The van der Waals surface area contributed by atoms with Gasteiger partial charge in [0, 0.05) is 12.2 Å². The Bertz CT molecular complexity index is 826. The fourth-order valence-electron chi connectivity index (χ4n) is 3.67. The summed E-state index contributed by atoms with van der Waals surface area (Å²) in [6.07, 6.45) is 1.69. The monoisotopic (exact) mass is 397 g/mol. The molecule has 154 valence electrons. The number of likely N-dealkylation sites (tertiary alicyclic amines) is 1. The second-order valence-electron chi connectivity index (χ2n) is 7.65. The first kappa shape index (κ1) is 21.0. The van der Waals surface area contributed by atoms with E-state index in [2.05, 4.69) is 15.5 Å². The Kier molecular flexibility index (Phi) is 6.99. The Balaban J connectivity index is 1.55. The van der Waals surface area contributed by atoms with Crippen molar-refractivity contribution in [2.24, 2.45) is 5.92 Å². The number of hydrogen-bond acceptors (Lipinski definition) is 3. The number of benzene rings is 2. The lowest BCUT2D eigenvalue weighted by molar-refractivity contribution is -0.129. The van der Waals surface area contributed by atoms with Crippen LogP contribution in [0.5, 0.6) is 0 Å². The van der Waals surface area contributed by atoms with Crippen molar-refractivity contribution in [3.05, 3.63) is 66.0 Å². The molecular weight excluding hydrogens is 369 g/mol. The first-order chi connectivity index (χ1) is 13.9. The summed E-state index contributed by atoms with van der Waals surface area (Å²) in [5.74, 6) is -0.540. The molecule has 1 aliphatic heterocycles. The summed E-state index contributed by atoms with van der Waals surface area (Å²) in [4.78, 5) is 27.4. The van der Waals surface area contributed by atoms with Gasteiger partial charge >= 0.3 is 0 Å². The van der Waals surface area contributed by atoms with Gasteiger partial charge in [0.2, 0.25) is 11.8 Å². The molecule has 0 radical (unpaired) electrons. The topological polar surface area (TPSA) is 61.4 Å². The van der Waals surface area contributed by atoms with Gasteiger partial charge in [-0.25, -0.2) is 4.39 Å². The van der Waals surface area contributed by atoms with Crippen LogP contribution in [0.25, 0.3) is 0 Å². The van der Waals surface area contributed by atoms with E-state index in [9.17, 15) is 14.0 Å². The van der Waals surface area contributed by atoms with Gasteiger partial charge in [-0.2, -0.15) is 0 Å². The van der Waals surface area contributed by atoms with Crippen LogP contribution in [0.2, 0.25) is 0 Å². The van der Waals surface area contributed by atoms with Gasteiger partial charge in [-0.15, -0.1) is 0 Å². The largest absolute Gasteiger partial charge is 0.348 e. The first-order valence-electron chi connectivity index (χ1n) is 10.1. The Labute approximate surface area is 171 Å². The van der Waals surface area contributed by atoms with E-state index in [-0.39, 0.29) is 35.6 Å². The van der Waals surface area contributed by atoms with E-state index in [1.54, 1.807) is 12.1 Å². The second-order valence-corrected chi connectivity index (χ2v) is 7.65. The lowest BCUT2D eigenvalue weighted by atomic mass is 9.95. The van der Waals surface area contributed by atoms with E-state index >= 15 is 0 Å². The first-order valence-corrected chi connectivity index (χ1v) is 10.1. The smallest absolute Gasteiger partial charge is 0.237 e. The number of carbonyl (C=O) groups is 2. The van der Waals surface area contributed by atoms with Crippen LogP contribution >= 0.6 is 0 Å². The molecule has 2 amide bonds. The minimum absolute atomic E-state index is 0.00631. The average Bonchev–Trinajstić information content (AvgIpc) is 2.74. The fourth-order valence-corrected chi connectivity index (χ4v) is 3.67. The van der Waals surface area contributed by atoms with E-state index in [4.69, 9.17) is 0 Å². The molecule has 3 atom stereocenters. The molecule has 2 N–H and O–H groups in total. The molecule has 1 fully saturated rings. The second kappa shape index (κ2) is 9.65. The van der Waals surface area contributed by atoms with Gasteiger partial charge in [0.15, 0.2) is 0 Å². The summed E-state index contributed by atoms with van der Waals surface area (Å²) in [7, 11) is 0. The molecule has 0 saturated carbocycles. The lowest BCUT2D eigenvalue weighted by Gasteiger charge is -2.35. The summed E-state index contributed by atoms with van der Waals surface area (Å²) in [5, 5.41) is 5.95. The number of para-hydroxylation sites is 1. The van der Waals surface area contributed by atoms with Crippen molar-refractivity contribution in [1.82, 2.24) is 10.2 Å². The van der Waals surface area contributed by atoms with Gasteiger partial charge in [0.25, 0.3) is 0 Å². The minimum Gasteiger partial charge on any atom is -0.348 e. The van der Waals surface area contributed by atoms with Crippen molar-refractivity contribution in [3.63, 3.8) is 0 Å². The van der Waals surface area contributed by atoms with Gasteiger partial charge in [-0.3, -0.25) is 14.5 Å². The summed E-state index contributed by atoms with van der Waals surface area (Å²) in [6.45, 7) is 5.08. The summed E-state index contributed by atoms with van der Waals surface area (Å²) in [5.41, 5.74) is 1.64. The highest BCUT2D eigenvalue weighted by molar-refractivity contribution is 5.92. The molecule has 1 heterocycles. The molecule has 1 saturated heterocycles. The normalized spacial score (nSPS) is 19.2. The summed E-state index contributed by atoms with van der Waals surface area (Å²) >= 11 is 0. The predicted octanol–water partition coefficient (Wildman–Crippen LogP) is 3.74. The van der Waals surface area contributed by atoms with E-state index in [0.717, 1.165) is 30.6 Å². The van der Waals surface area contributed by atoms with Gasteiger partial charge in [0.1, 0.15) is 5.82 Å². The van der Waals surface area contributed by atoms with Crippen molar-refractivity contribution in [3.8, 4) is 0 Å². The average molecular weight is 397 g/mol. The van der Waals surface area contributed by atoms with Crippen LogP contribution in [0.1, 0.15) is 38.3 Å². The number of hydrogen-bond donors (Lipinski definition) is 2. The van der Waals surface area contributed by atoms with Crippen molar-refractivity contribution in [1.29, 1.82) is 0 Å². The zero-order valence-corrected chi connectivity index (χ0v) is 16.9. The number of carbonyl (C=O) groups excluding carboxylic acids is 2. The van der Waals surface area contributed by atoms with Crippen LogP contribution in [-0.4, -0.2) is 35.8 Å². The highest BCUT2D eigenvalue weighted by Crippen LogP contribution is 2.21. The molecule has 0 bridgehead atoms. The predicted molar refractivity (Wildman–Crippen MR) is 112 cm³/mol. The van der Waals surface area contributed by atoms with E-state index in [1.807, 2.05) is 44.2 Å². The molecule has 0 aliphatic carbocycles. The highest BCUT2D eigenvalue weighted by Gasteiger charge is 2.31. The Morgan fingerprint density at radius 3 is 2.45 bits per heavy atom. The van der Waals surface area contributed by atoms with Crippen molar-refractivity contribution in [2.75, 3.05) is 18.4 Å². The summed E-state index contributed by atoms with van der Waals surface area (Å²) < 4.78 is 13.1. The Hall–Kier alpha value is -2.73. The number of piperidine rings is 1. The Morgan fingerprint density at radius 1 is 1.07 bits per heavy atom. The van der Waals surface area contributed by atoms with Gasteiger partial charge in [-0.1, -0.05) is 30.3 Å². The molecule has 3 rings (SSSR count). The summed E-state index contributed by atoms with van der Waals surface area (Å²) in [6, 6.07) is 15.0. The number of halogens is 1. The maximum absolute atomic E-state index is 13.1. The highest BCUT2D eigenvalue weighted by atomic mass is 19.1. The number of nitrogens with one attached hydrogen (secondary N) is 2. The molecule has 2 aromatic carbocycles. The lowest BCUT2D eigenvalue weighted by Crippen LogP contribution is -2.51. The van der Waals surface area contributed by atoms with Crippen LogP contribution in [0.15, 0.2) is 54.6 Å². The van der Waals surface area contributed by atoms with Crippen LogP contribution < -0.4 is 10.6 Å². The molecular formula is C23H28FN3O2. The molecule has 29 heavy (non-hydrogen) atoms. The van der Waals surface area contributed by atoms with Crippen molar-refractivity contribution >= 4 is 17.5 Å². The third kappa shape index (κ3) is 5.64. The minimum atomic E-state index is -0.342. The van der Waals surface area contributed by atoms with Gasteiger partial charge < -0.3 is 10.6 Å². The Morgan fingerprint density at radius 2 is 1.76 bits per heavy atom. The quantitative estimate of drug-likeness (QED) is 0.781. The van der Waals surface area contributed by atoms with Crippen molar-refractivity contribution < 1.29 is 14.0 Å².